The van der Waals surface area contributed by atoms with E-state index >= 15 is 0 Å². The average molecular weight is 568 g/mol. The number of methoxy groups -OCH3 is 1. The molecule has 3 N–H and O–H groups in total. The van der Waals surface area contributed by atoms with Crippen molar-refractivity contribution >= 4 is 24.5 Å². The number of carbonyl (C=O) groups is 1. The Morgan fingerprint density at radius 3 is 2.72 bits per heavy atom. The van der Waals surface area contributed by atoms with Gasteiger partial charge in [0.05, 0.1) is 26.0 Å². The Bertz CT molecular complexity index is 1500. The first kappa shape index (κ1) is 30.2. The van der Waals surface area contributed by atoms with E-state index in [-0.39, 0.29) is 19.6 Å². The normalized spacial score (nSPS) is 23.0. The predicted molar refractivity (Wildman–Crippen MR) is 140 cm³/mol. The number of carbonyl (C=O) groups excluding carboxylic acids is 1. The van der Waals surface area contributed by atoms with Gasteiger partial charge in [0, 0.05) is 11.8 Å². The van der Waals surface area contributed by atoms with E-state index in [4.69, 9.17) is 18.5 Å². The lowest BCUT2D eigenvalue weighted by Gasteiger charge is -2.27. The van der Waals surface area contributed by atoms with Gasteiger partial charge < -0.3 is 19.1 Å². The molecule has 0 aliphatic carbocycles. The minimum absolute atomic E-state index is 0. The molecule has 12 nitrogen and oxygen atoms in total. The number of H-pyrrole nitrogens is 1. The summed E-state index contributed by atoms with van der Waals surface area (Å²) in [5.74, 6) is -1.72. The smallest absolute Gasteiger partial charge is 0.459 e. The molecule has 1 aliphatic heterocycles. The van der Waals surface area contributed by atoms with Crippen LogP contribution in [0.5, 0.6) is 5.75 Å². The molecule has 2 heterocycles. The van der Waals surface area contributed by atoms with Gasteiger partial charge in [0.2, 0.25) is 5.82 Å². The van der Waals surface area contributed by atoms with Crippen LogP contribution in [-0.4, -0.2) is 52.6 Å². The van der Waals surface area contributed by atoms with Crippen LogP contribution >= 0.6 is 7.75 Å². The molecule has 39 heavy (non-hydrogen) atoms. The number of hydrogen-bond donors (Lipinski definition) is 3. The Hall–Kier alpha value is -3.35. The van der Waals surface area contributed by atoms with Gasteiger partial charge in [-0.05, 0) is 25.3 Å². The first-order valence-electron chi connectivity index (χ1n) is 11.6. The summed E-state index contributed by atoms with van der Waals surface area (Å²) < 4.78 is 50.4. The zero-order valence-corrected chi connectivity index (χ0v) is 21.6. The van der Waals surface area contributed by atoms with E-state index in [1.807, 2.05) is 23.2 Å². The Labute approximate surface area is 223 Å². The van der Waals surface area contributed by atoms with Crippen molar-refractivity contribution in [2.45, 2.75) is 51.7 Å². The van der Waals surface area contributed by atoms with Crippen LogP contribution in [0.1, 0.15) is 27.7 Å². The fraction of sp³-hybridized carbons (Fsp3) is 0.400. The summed E-state index contributed by atoms with van der Waals surface area (Å²) in [4.78, 5) is 37.5. The number of rotatable bonds is 9. The highest BCUT2D eigenvalue weighted by molar-refractivity contribution is 7.52. The van der Waals surface area contributed by atoms with Gasteiger partial charge >= 0.3 is 19.4 Å². The van der Waals surface area contributed by atoms with Gasteiger partial charge in [0.15, 0.2) is 0 Å². The molecule has 2 unspecified atom stereocenters. The van der Waals surface area contributed by atoms with Crippen molar-refractivity contribution in [2.24, 2.45) is 0 Å². The third-order valence-corrected chi connectivity index (χ3v) is 7.74. The van der Waals surface area contributed by atoms with Crippen molar-refractivity contribution in [3.05, 3.63) is 75.3 Å². The van der Waals surface area contributed by atoms with Crippen molar-refractivity contribution in [3.63, 3.8) is 0 Å². The molecular weight excluding hydrogens is 536 g/mol. The number of benzene rings is 2. The number of fused-ring (bicyclic) bond motifs is 1. The van der Waals surface area contributed by atoms with E-state index in [0.29, 0.717) is 11.6 Å². The Balaban J connectivity index is 0.00000420. The zero-order valence-electron chi connectivity index (χ0n) is 20.8. The summed E-state index contributed by atoms with van der Waals surface area (Å²) in [6.45, 7) is 2.32. The summed E-state index contributed by atoms with van der Waals surface area (Å²) in [5, 5.41) is 14.6. The third kappa shape index (κ3) is 6.45. The molecular formula is C25H31FN3O9P. The van der Waals surface area contributed by atoms with Crippen molar-refractivity contribution in [1.29, 1.82) is 0 Å². The molecule has 14 heteroatoms. The highest BCUT2D eigenvalue weighted by Crippen LogP contribution is 2.48. The van der Waals surface area contributed by atoms with Crippen LogP contribution in [0, 0.1) is 5.82 Å². The van der Waals surface area contributed by atoms with Gasteiger partial charge in [0.25, 0.3) is 5.56 Å². The molecule has 0 bridgehead atoms. The minimum Gasteiger partial charge on any atom is -0.468 e. The molecule has 4 rings (SSSR count). The molecule has 0 radical (unpaired) electrons. The number of ether oxygens (including phenoxy) is 2. The highest BCUT2D eigenvalue weighted by Gasteiger charge is 2.46. The van der Waals surface area contributed by atoms with Crippen molar-refractivity contribution in [2.75, 3.05) is 13.7 Å². The van der Waals surface area contributed by atoms with E-state index in [9.17, 15) is 28.4 Å². The summed E-state index contributed by atoms with van der Waals surface area (Å²) in [6.07, 6.45) is -1.86. The summed E-state index contributed by atoms with van der Waals surface area (Å²) in [5.41, 5.74) is -3.68. The van der Waals surface area contributed by atoms with E-state index < -0.39 is 61.4 Å². The monoisotopic (exact) mass is 567 g/mol. The van der Waals surface area contributed by atoms with Crippen molar-refractivity contribution in [3.8, 4) is 5.75 Å². The average Bonchev–Trinajstić information content (AvgIpc) is 3.18. The highest BCUT2D eigenvalue weighted by atomic mass is 31.2. The Morgan fingerprint density at radius 2 is 2.00 bits per heavy atom. The van der Waals surface area contributed by atoms with Gasteiger partial charge in [-0.3, -0.25) is 23.7 Å². The number of esters is 1. The van der Waals surface area contributed by atoms with E-state index in [1.165, 1.54) is 21.0 Å². The number of nitrogens with one attached hydrogen (secondary N) is 2. The molecule has 2 aromatic carbocycles. The molecule has 1 fully saturated rings. The van der Waals surface area contributed by atoms with Gasteiger partial charge in [-0.15, -0.1) is 0 Å². The number of halogens is 1. The molecule has 1 aromatic heterocycles. The maximum atomic E-state index is 13.9. The molecule has 1 aliphatic rings. The second-order valence-electron chi connectivity index (χ2n) is 8.94. The molecule has 0 saturated carbocycles. The van der Waals surface area contributed by atoms with Crippen LogP contribution in [0.15, 0.2) is 58.3 Å². The summed E-state index contributed by atoms with van der Waals surface area (Å²) in [7, 11) is -3.13. The lowest BCUT2D eigenvalue weighted by atomic mass is 10.1. The van der Waals surface area contributed by atoms with Crippen molar-refractivity contribution in [1.82, 2.24) is 14.6 Å². The first-order chi connectivity index (χ1) is 17.9. The van der Waals surface area contributed by atoms with Crippen LogP contribution in [-0.2, 0) is 29.1 Å². The standard InChI is InChI=1S/C24H27FN3O9P.CH4/c1-14(22(31)34-3)27-38(33,37-19-10-6-8-15-7-4-5-9-16(15)19)35-13-20-18(29)11-24(2,36-20)28-12-17(25)21(30)26-23(28)32;/h4-10,12,14,18,20,29H,11,13H2,1-3H3,(H,27,33)(H,26,30,32);1H4/t14-,18?,20+,24+,38?;/m0./s1. The van der Waals surface area contributed by atoms with Crippen LogP contribution in [0.3, 0.4) is 0 Å². The Morgan fingerprint density at radius 1 is 1.31 bits per heavy atom. The van der Waals surface area contributed by atoms with Gasteiger partial charge in [0.1, 0.15) is 23.6 Å². The van der Waals surface area contributed by atoms with Crippen LogP contribution in [0.25, 0.3) is 10.8 Å². The lowest BCUT2D eigenvalue weighted by Crippen LogP contribution is -2.43. The van der Waals surface area contributed by atoms with Gasteiger partial charge in [-0.1, -0.05) is 43.8 Å². The SMILES string of the molecule is C.COC(=O)[C@H](C)NP(=O)(OC[C@H]1O[C@@](C)(n2cc(F)c(=O)[nH]c2=O)CC1O)Oc1cccc2ccccc12. The van der Waals surface area contributed by atoms with Crippen LogP contribution in [0.2, 0.25) is 0 Å². The van der Waals surface area contributed by atoms with Gasteiger partial charge in [-0.25, -0.2) is 9.36 Å². The second-order valence-corrected chi connectivity index (χ2v) is 10.6. The van der Waals surface area contributed by atoms with E-state index in [1.54, 1.807) is 24.3 Å². The largest absolute Gasteiger partial charge is 0.468 e. The van der Waals surface area contributed by atoms with Crippen molar-refractivity contribution < 1.29 is 37.4 Å². The predicted octanol–water partition coefficient (Wildman–Crippen LogP) is 2.64. The number of aliphatic hydroxyl groups excluding tert-OH is 1. The quantitative estimate of drug-likeness (QED) is 0.259. The van der Waals surface area contributed by atoms with Crippen LogP contribution < -0.4 is 20.9 Å². The molecule has 5 atom stereocenters. The van der Waals surface area contributed by atoms with E-state index in [2.05, 4.69) is 5.09 Å². The number of hydrogen-bond acceptors (Lipinski definition) is 9. The minimum atomic E-state index is -4.30. The number of aliphatic hydroxyl groups is 1. The maximum absolute atomic E-state index is 13.9. The zero-order chi connectivity index (χ0) is 27.7. The fourth-order valence-electron chi connectivity index (χ4n) is 4.20. The maximum Gasteiger partial charge on any atom is 0.459 e. The molecule has 212 valence electrons. The van der Waals surface area contributed by atoms with E-state index in [0.717, 1.165) is 9.95 Å². The van der Waals surface area contributed by atoms with Crippen LogP contribution in [0.4, 0.5) is 4.39 Å². The number of aromatic amines is 1. The van der Waals surface area contributed by atoms with Gasteiger partial charge in [-0.2, -0.15) is 9.48 Å². The fourth-order valence-corrected chi connectivity index (χ4v) is 5.73. The molecule has 3 aromatic rings. The first-order valence-corrected chi connectivity index (χ1v) is 13.1. The Kier molecular flexibility index (Phi) is 9.14. The second kappa shape index (κ2) is 11.8. The summed E-state index contributed by atoms with van der Waals surface area (Å²) >= 11 is 0. The lowest BCUT2D eigenvalue weighted by molar-refractivity contribution is -0.142. The molecule has 0 amide bonds. The third-order valence-electron chi connectivity index (χ3n) is 6.11. The molecule has 1 saturated heterocycles. The summed E-state index contributed by atoms with van der Waals surface area (Å²) in [6, 6.07) is 11.2. The number of nitrogens with zero attached hydrogens (tertiary/aromatic N) is 1. The number of aromatic nitrogens is 2. The molecule has 0 spiro atoms. The topological polar surface area (TPSA) is 158 Å².